The van der Waals surface area contributed by atoms with E-state index in [0.29, 0.717) is 0 Å². The zero-order valence-corrected chi connectivity index (χ0v) is 15.2. The summed E-state index contributed by atoms with van der Waals surface area (Å²) in [5.74, 6) is 0. The van der Waals surface area contributed by atoms with Crippen LogP contribution in [-0.2, 0) is 0 Å². The zero-order valence-electron chi connectivity index (χ0n) is 15.2. The van der Waals surface area contributed by atoms with Gasteiger partial charge in [-0.2, -0.15) is 0 Å². The summed E-state index contributed by atoms with van der Waals surface area (Å²) in [5.41, 5.74) is 6.99. The van der Waals surface area contributed by atoms with E-state index in [1.165, 1.54) is 38.4 Å². The SMILES string of the molecule is C=Cc1[nH]c2cc3c(cc2c1/C=C\C)c1ccccc1n3-c1ccccc1. The second kappa shape index (κ2) is 6.03. The van der Waals surface area contributed by atoms with Crippen LogP contribution < -0.4 is 0 Å². The normalized spacial score (nSPS) is 11.9. The molecule has 5 rings (SSSR count). The molecule has 2 aromatic heterocycles. The zero-order chi connectivity index (χ0) is 18.4. The Morgan fingerprint density at radius 1 is 0.852 bits per heavy atom. The van der Waals surface area contributed by atoms with E-state index in [1.807, 2.05) is 13.0 Å². The van der Waals surface area contributed by atoms with Crippen LogP contribution in [0.25, 0.3) is 50.5 Å². The van der Waals surface area contributed by atoms with Gasteiger partial charge in [-0.05, 0) is 43.3 Å². The smallest absolute Gasteiger partial charge is 0.0562 e. The van der Waals surface area contributed by atoms with Crippen molar-refractivity contribution in [3.63, 3.8) is 0 Å². The van der Waals surface area contributed by atoms with E-state index in [9.17, 15) is 0 Å². The number of allylic oxidation sites excluding steroid dienone is 1. The van der Waals surface area contributed by atoms with Crippen molar-refractivity contribution in [3.05, 3.63) is 90.6 Å². The van der Waals surface area contributed by atoms with Crippen LogP contribution in [0.15, 0.2) is 79.4 Å². The van der Waals surface area contributed by atoms with E-state index < -0.39 is 0 Å². The van der Waals surface area contributed by atoms with Crippen LogP contribution in [0, 0.1) is 0 Å². The van der Waals surface area contributed by atoms with Crippen LogP contribution in [0.2, 0.25) is 0 Å². The van der Waals surface area contributed by atoms with Crippen molar-refractivity contribution in [3.8, 4) is 5.69 Å². The van der Waals surface area contributed by atoms with Crippen LogP contribution in [0.3, 0.4) is 0 Å². The quantitative estimate of drug-likeness (QED) is 0.364. The molecule has 2 nitrogen and oxygen atoms in total. The summed E-state index contributed by atoms with van der Waals surface area (Å²) in [6.45, 7) is 6.02. The molecule has 27 heavy (non-hydrogen) atoms. The second-order valence-corrected chi connectivity index (χ2v) is 6.76. The molecule has 0 aliphatic carbocycles. The molecule has 2 heteroatoms. The summed E-state index contributed by atoms with van der Waals surface area (Å²) in [6, 6.07) is 23.7. The van der Waals surface area contributed by atoms with E-state index in [4.69, 9.17) is 0 Å². The van der Waals surface area contributed by atoms with E-state index in [-0.39, 0.29) is 0 Å². The van der Waals surface area contributed by atoms with Gasteiger partial charge in [0.1, 0.15) is 0 Å². The van der Waals surface area contributed by atoms with Gasteiger partial charge >= 0.3 is 0 Å². The van der Waals surface area contributed by atoms with Crippen molar-refractivity contribution in [1.29, 1.82) is 0 Å². The van der Waals surface area contributed by atoms with Gasteiger partial charge in [-0.1, -0.05) is 55.1 Å². The number of nitrogens with zero attached hydrogens (tertiary/aromatic N) is 1. The maximum absolute atomic E-state index is 3.97. The summed E-state index contributed by atoms with van der Waals surface area (Å²) in [5, 5.41) is 3.76. The topological polar surface area (TPSA) is 20.7 Å². The Balaban J connectivity index is 1.98. The molecule has 0 spiro atoms. The number of benzene rings is 3. The van der Waals surface area contributed by atoms with Crippen LogP contribution >= 0.6 is 0 Å². The number of hydrogen-bond acceptors (Lipinski definition) is 0. The van der Waals surface area contributed by atoms with Gasteiger partial charge in [-0.25, -0.2) is 0 Å². The first-order valence-corrected chi connectivity index (χ1v) is 9.21. The third kappa shape index (κ3) is 2.27. The maximum Gasteiger partial charge on any atom is 0.0562 e. The highest BCUT2D eigenvalue weighted by Crippen LogP contribution is 2.36. The first-order chi connectivity index (χ1) is 13.3. The van der Waals surface area contributed by atoms with Crippen LogP contribution in [0.5, 0.6) is 0 Å². The minimum absolute atomic E-state index is 1.06. The summed E-state index contributed by atoms with van der Waals surface area (Å²) >= 11 is 0. The van der Waals surface area contributed by atoms with Crippen molar-refractivity contribution >= 4 is 44.9 Å². The van der Waals surface area contributed by atoms with Gasteiger partial charge in [0.15, 0.2) is 0 Å². The fourth-order valence-corrected chi connectivity index (χ4v) is 4.06. The Hall–Kier alpha value is -3.52. The minimum atomic E-state index is 1.06. The maximum atomic E-state index is 3.97. The van der Waals surface area contributed by atoms with Gasteiger partial charge in [0.05, 0.1) is 11.0 Å². The van der Waals surface area contributed by atoms with Crippen LogP contribution in [0.1, 0.15) is 18.2 Å². The van der Waals surface area contributed by atoms with Gasteiger partial charge in [0.25, 0.3) is 0 Å². The minimum Gasteiger partial charge on any atom is -0.354 e. The molecule has 1 N–H and O–H groups in total. The van der Waals surface area contributed by atoms with Crippen molar-refractivity contribution in [2.24, 2.45) is 0 Å². The third-order valence-corrected chi connectivity index (χ3v) is 5.21. The number of H-pyrrole nitrogens is 1. The Morgan fingerprint density at radius 3 is 2.41 bits per heavy atom. The van der Waals surface area contributed by atoms with Crippen molar-refractivity contribution in [2.75, 3.05) is 0 Å². The Kier molecular flexibility index (Phi) is 3.51. The molecule has 3 aromatic carbocycles. The summed E-state index contributed by atoms with van der Waals surface area (Å²) in [6.07, 6.45) is 6.12. The fourth-order valence-electron chi connectivity index (χ4n) is 4.06. The number of aromatic nitrogens is 2. The lowest BCUT2D eigenvalue weighted by molar-refractivity contribution is 1.18. The van der Waals surface area contributed by atoms with Gasteiger partial charge in [0.2, 0.25) is 0 Å². The molecule has 0 saturated heterocycles. The number of rotatable bonds is 3. The number of fused-ring (bicyclic) bond motifs is 4. The van der Waals surface area contributed by atoms with Crippen LogP contribution in [0.4, 0.5) is 0 Å². The van der Waals surface area contributed by atoms with Crippen molar-refractivity contribution in [1.82, 2.24) is 9.55 Å². The lowest BCUT2D eigenvalue weighted by Gasteiger charge is -2.07. The lowest BCUT2D eigenvalue weighted by Crippen LogP contribution is -1.92. The molecule has 0 aliphatic rings. The molecular formula is C25H20N2. The monoisotopic (exact) mass is 348 g/mol. The average molecular weight is 348 g/mol. The van der Waals surface area contributed by atoms with E-state index >= 15 is 0 Å². The molecule has 0 amide bonds. The van der Waals surface area contributed by atoms with Gasteiger partial charge < -0.3 is 9.55 Å². The first kappa shape index (κ1) is 15.7. The molecule has 0 bridgehead atoms. The molecule has 130 valence electrons. The number of nitrogens with one attached hydrogen (secondary N) is 1. The number of aromatic amines is 1. The molecule has 0 radical (unpaired) electrons. The third-order valence-electron chi connectivity index (χ3n) is 5.21. The predicted molar refractivity (Wildman–Crippen MR) is 117 cm³/mol. The van der Waals surface area contributed by atoms with Crippen molar-refractivity contribution < 1.29 is 0 Å². The molecule has 0 fully saturated rings. The van der Waals surface area contributed by atoms with Crippen LogP contribution in [-0.4, -0.2) is 9.55 Å². The van der Waals surface area contributed by atoms with E-state index in [0.717, 1.165) is 11.2 Å². The average Bonchev–Trinajstić information content (AvgIpc) is 3.22. The highest BCUT2D eigenvalue weighted by molar-refractivity contribution is 6.14. The molecule has 5 aromatic rings. The van der Waals surface area contributed by atoms with Gasteiger partial charge in [-0.3, -0.25) is 0 Å². The standard InChI is InChI=1S/C25H20N2/c1-3-10-18-20-15-21-19-13-8-9-14-24(19)27(17-11-6-5-7-12-17)25(21)16-23(20)26-22(18)4-2/h3-16,26H,2H2,1H3/b10-3-. The summed E-state index contributed by atoms with van der Waals surface area (Å²) in [4.78, 5) is 3.53. The summed E-state index contributed by atoms with van der Waals surface area (Å²) < 4.78 is 2.34. The lowest BCUT2D eigenvalue weighted by atomic mass is 10.1. The Bertz CT molecular complexity index is 1330. The van der Waals surface area contributed by atoms with E-state index in [1.54, 1.807) is 0 Å². The molecular weight excluding hydrogens is 328 g/mol. The molecule has 2 heterocycles. The fraction of sp³-hybridized carbons (Fsp3) is 0.0400. The van der Waals surface area contributed by atoms with Crippen molar-refractivity contribution in [2.45, 2.75) is 6.92 Å². The largest absolute Gasteiger partial charge is 0.354 e. The van der Waals surface area contributed by atoms with Gasteiger partial charge in [0, 0.05) is 38.6 Å². The van der Waals surface area contributed by atoms with Gasteiger partial charge in [-0.15, -0.1) is 0 Å². The molecule has 0 aliphatic heterocycles. The number of para-hydroxylation sites is 2. The Morgan fingerprint density at radius 2 is 1.63 bits per heavy atom. The molecule has 0 saturated carbocycles. The highest BCUT2D eigenvalue weighted by Gasteiger charge is 2.15. The number of hydrogen-bond donors (Lipinski definition) is 1. The first-order valence-electron chi connectivity index (χ1n) is 9.21. The summed E-state index contributed by atoms with van der Waals surface area (Å²) in [7, 11) is 0. The second-order valence-electron chi connectivity index (χ2n) is 6.76. The predicted octanol–water partition coefficient (Wildman–Crippen LogP) is 6.94. The molecule has 0 atom stereocenters. The van der Waals surface area contributed by atoms with E-state index in [2.05, 4.69) is 95.0 Å². The highest BCUT2D eigenvalue weighted by atomic mass is 15.0. The Labute approximate surface area is 158 Å². The molecule has 0 unspecified atom stereocenters.